The second kappa shape index (κ2) is 7.24. The molecule has 0 atom stereocenters. The molecule has 0 aliphatic heterocycles. The number of rotatable bonds is 6. The van der Waals surface area contributed by atoms with Gasteiger partial charge in [0.15, 0.2) is 0 Å². The average Bonchev–Trinajstić information content (AvgIpc) is 2.45. The van der Waals surface area contributed by atoms with Crippen molar-refractivity contribution < 1.29 is 9.84 Å². The van der Waals surface area contributed by atoms with Gasteiger partial charge in [0.25, 0.3) is 5.56 Å². The summed E-state index contributed by atoms with van der Waals surface area (Å²) in [7, 11) is 0. The number of aromatic nitrogens is 2. The first-order valence-electron chi connectivity index (χ1n) is 6.68. The number of para-hydroxylation sites is 1. The van der Waals surface area contributed by atoms with Crippen molar-refractivity contribution in [2.24, 2.45) is 0 Å². The zero-order valence-electron chi connectivity index (χ0n) is 11.7. The van der Waals surface area contributed by atoms with Gasteiger partial charge in [-0.25, -0.2) is 4.98 Å². The third-order valence-corrected chi connectivity index (χ3v) is 3.38. The molecular formula is C15H17ClN2O3. The van der Waals surface area contributed by atoms with Crippen molar-refractivity contribution in [2.75, 3.05) is 13.2 Å². The molecule has 5 nitrogen and oxygen atoms in total. The molecule has 0 amide bonds. The first-order chi connectivity index (χ1) is 10.1. The molecule has 1 aromatic heterocycles. The van der Waals surface area contributed by atoms with Crippen LogP contribution < -0.4 is 10.3 Å². The van der Waals surface area contributed by atoms with Crippen LogP contribution in [-0.2, 0) is 12.8 Å². The minimum atomic E-state index is -0.204. The Balaban J connectivity index is 2.01. The van der Waals surface area contributed by atoms with Gasteiger partial charge < -0.3 is 14.8 Å². The molecule has 0 fully saturated rings. The molecule has 2 rings (SSSR count). The van der Waals surface area contributed by atoms with Crippen LogP contribution in [0.2, 0.25) is 5.02 Å². The number of benzene rings is 1. The number of H-pyrrole nitrogens is 1. The normalized spacial score (nSPS) is 10.6. The molecule has 112 valence electrons. The summed E-state index contributed by atoms with van der Waals surface area (Å²) in [5.41, 5.74) is 0.957. The summed E-state index contributed by atoms with van der Waals surface area (Å²) in [6.07, 6.45) is 0.783. The summed E-state index contributed by atoms with van der Waals surface area (Å²) in [6.45, 7) is 2.06. The summed E-state index contributed by atoms with van der Waals surface area (Å²) >= 11 is 5.99. The fraction of sp³-hybridized carbons (Fsp3) is 0.333. The van der Waals surface area contributed by atoms with Crippen molar-refractivity contribution >= 4 is 11.6 Å². The molecule has 6 heteroatoms. The Labute approximate surface area is 127 Å². The summed E-state index contributed by atoms with van der Waals surface area (Å²) in [4.78, 5) is 18.9. The zero-order valence-corrected chi connectivity index (χ0v) is 12.5. The van der Waals surface area contributed by atoms with E-state index in [9.17, 15) is 4.79 Å². The minimum Gasteiger partial charge on any atom is -0.492 e. The number of halogens is 1. The Hall–Kier alpha value is -1.85. The highest BCUT2D eigenvalue weighted by atomic mass is 35.5. The van der Waals surface area contributed by atoms with Crippen molar-refractivity contribution in [3.8, 4) is 5.75 Å². The molecule has 0 aliphatic carbocycles. The quantitative estimate of drug-likeness (QED) is 0.854. The van der Waals surface area contributed by atoms with Gasteiger partial charge in [-0.2, -0.15) is 0 Å². The maximum atomic E-state index is 11.9. The summed E-state index contributed by atoms with van der Waals surface area (Å²) in [6, 6.07) is 7.21. The fourth-order valence-electron chi connectivity index (χ4n) is 2.01. The molecule has 2 N–H and O–H groups in total. The minimum absolute atomic E-state index is 0.0689. The number of hydrogen-bond acceptors (Lipinski definition) is 4. The molecule has 0 unspecified atom stereocenters. The number of aromatic amines is 1. The predicted molar refractivity (Wildman–Crippen MR) is 81.0 cm³/mol. The van der Waals surface area contributed by atoms with Crippen LogP contribution in [0.1, 0.15) is 17.1 Å². The van der Waals surface area contributed by atoms with Crippen LogP contribution in [0.25, 0.3) is 0 Å². The third kappa shape index (κ3) is 4.06. The van der Waals surface area contributed by atoms with Crippen molar-refractivity contribution in [3.05, 3.63) is 56.7 Å². The topological polar surface area (TPSA) is 75.2 Å². The van der Waals surface area contributed by atoms with E-state index in [0.29, 0.717) is 47.3 Å². The van der Waals surface area contributed by atoms with Crippen molar-refractivity contribution in [1.82, 2.24) is 9.97 Å². The average molecular weight is 309 g/mol. The van der Waals surface area contributed by atoms with Crippen molar-refractivity contribution in [2.45, 2.75) is 19.8 Å². The van der Waals surface area contributed by atoms with E-state index in [2.05, 4.69) is 9.97 Å². The lowest BCUT2D eigenvalue weighted by Crippen LogP contribution is -2.21. The molecule has 2 aromatic rings. The van der Waals surface area contributed by atoms with Crippen LogP contribution in [0.5, 0.6) is 5.75 Å². The van der Waals surface area contributed by atoms with Gasteiger partial charge in [0.1, 0.15) is 11.6 Å². The lowest BCUT2D eigenvalue weighted by molar-refractivity contribution is 0.298. The number of nitrogens with zero attached hydrogens (tertiary/aromatic N) is 1. The molecular weight excluding hydrogens is 292 g/mol. The van der Waals surface area contributed by atoms with Crippen LogP contribution in [0.15, 0.2) is 29.1 Å². The fourth-order valence-corrected chi connectivity index (χ4v) is 2.20. The first kappa shape index (κ1) is 15.5. The SMILES string of the molecule is Cc1nc(CCOc2ccccc2Cl)[nH]c(=O)c1CCO. The van der Waals surface area contributed by atoms with Gasteiger partial charge in [0, 0.05) is 30.7 Å². The van der Waals surface area contributed by atoms with Crippen LogP contribution in [0, 0.1) is 6.92 Å². The van der Waals surface area contributed by atoms with Gasteiger partial charge in [0.2, 0.25) is 0 Å². The van der Waals surface area contributed by atoms with Crippen LogP contribution in [0.4, 0.5) is 0 Å². The van der Waals surface area contributed by atoms with Gasteiger partial charge in [-0.1, -0.05) is 23.7 Å². The maximum absolute atomic E-state index is 11.9. The third-order valence-electron chi connectivity index (χ3n) is 3.07. The number of aliphatic hydroxyl groups excluding tert-OH is 1. The Kier molecular flexibility index (Phi) is 5.36. The van der Waals surface area contributed by atoms with Crippen molar-refractivity contribution in [3.63, 3.8) is 0 Å². The monoisotopic (exact) mass is 308 g/mol. The van der Waals surface area contributed by atoms with Crippen molar-refractivity contribution in [1.29, 1.82) is 0 Å². The molecule has 1 aromatic carbocycles. The van der Waals surface area contributed by atoms with Crippen LogP contribution in [-0.4, -0.2) is 28.3 Å². The summed E-state index contributed by atoms with van der Waals surface area (Å²) in [5, 5.41) is 9.47. The van der Waals surface area contributed by atoms with E-state index in [4.69, 9.17) is 21.4 Å². The van der Waals surface area contributed by atoms with Gasteiger partial charge in [-0.05, 0) is 19.1 Å². The number of ether oxygens (including phenoxy) is 1. The maximum Gasteiger partial charge on any atom is 0.254 e. The van der Waals surface area contributed by atoms with E-state index in [-0.39, 0.29) is 12.2 Å². The lowest BCUT2D eigenvalue weighted by Gasteiger charge is -2.09. The van der Waals surface area contributed by atoms with Crippen LogP contribution >= 0.6 is 11.6 Å². The Morgan fingerprint density at radius 1 is 1.33 bits per heavy atom. The second-order valence-corrected chi connectivity index (χ2v) is 4.99. The molecule has 21 heavy (non-hydrogen) atoms. The largest absolute Gasteiger partial charge is 0.492 e. The highest BCUT2D eigenvalue weighted by Crippen LogP contribution is 2.22. The molecule has 0 radical (unpaired) electrons. The molecule has 0 saturated carbocycles. The summed E-state index contributed by atoms with van der Waals surface area (Å²) in [5.74, 6) is 1.17. The van der Waals surface area contributed by atoms with E-state index in [1.165, 1.54) is 0 Å². The zero-order chi connectivity index (χ0) is 15.2. The van der Waals surface area contributed by atoms with Crippen LogP contribution in [0.3, 0.4) is 0 Å². The second-order valence-electron chi connectivity index (χ2n) is 4.58. The van der Waals surface area contributed by atoms with Gasteiger partial charge in [0.05, 0.1) is 11.6 Å². The van der Waals surface area contributed by atoms with Gasteiger partial charge in [-0.3, -0.25) is 4.79 Å². The van der Waals surface area contributed by atoms with E-state index in [1.807, 2.05) is 12.1 Å². The highest BCUT2D eigenvalue weighted by Gasteiger charge is 2.08. The number of hydrogen-bond donors (Lipinski definition) is 2. The standard InChI is InChI=1S/C15H17ClN2O3/c1-10-11(6-8-19)15(20)18-14(17-10)7-9-21-13-5-3-2-4-12(13)16/h2-5,19H,6-9H2,1H3,(H,17,18,20). The van der Waals surface area contributed by atoms with Gasteiger partial charge >= 0.3 is 0 Å². The predicted octanol–water partition coefficient (Wildman–Crippen LogP) is 1.89. The smallest absolute Gasteiger partial charge is 0.254 e. The molecule has 0 bridgehead atoms. The molecule has 0 spiro atoms. The lowest BCUT2D eigenvalue weighted by atomic mass is 10.2. The van der Waals surface area contributed by atoms with E-state index in [1.54, 1.807) is 19.1 Å². The van der Waals surface area contributed by atoms with E-state index < -0.39 is 0 Å². The number of aliphatic hydroxyl groups is 1. The Bertz CT molecular complexity index is 670. The number of nitrogens with one attached hydrogen (secondary N) is 1. The van der Waals surface area contributed by atoms with Gasteiger partial charge in [-0.15, -0.1) is 0 Å². The Morgan fingerprint density at radius 2 is 2.10 bits per heavy atom. The molecule has 0 aliphatic rings. The van der Waals surface area contributed by atoms with E-state index >= 15 is 0 Å². The van der Waals surface area contributed by atoms with E-state index in [0.717, 1.165) is 0 Å². The Morgan fingerprint density at radius 3 is 2.76 bits per heavy atom. The molecule has 0 saturated heterocycles. The first-order valence-corrected chi connectivity index (χ1v) is 7.06. The number of aryl methyl sites for hydroxylation is 1. The highest BCUT2D eigenvalue weighted by molar-refractivity contribution is 6.32. The molecule has 1 heterocycles. The summed E-state index contributed by atoms with van der Waals surface area (Å²) < 4.78 is 5.56.